The van der Waals surface area contributed by atoms with E-state index in [2.05, 4.69) is 48.7 Å². The van der Waals surface area contributed by atoms with Crippen LogP contribution < -0.4 is 10.6 Å². The maximum Gasteiger partial charge on any atom is 0.242 e. The van der Waals surface area contributed by atoms with Gasteiger partial charge in [0.25, 0.3) is 0 Å². The largest absolute Gasteiger partial charge is 0.376 e. The Morgan fingerprint density at radius 3 is 2.27 bits per heavy atom. The van der Waals surface area contributed by atoms with Crippen molar-refractivity contribution in [3.05, 3.63) is 58.7 Å². The normalized spacial score (nSPS) is 11.7. The van der Waals surface area contributed by atoms with E-state index in [4.69, 9.17) is 0 Å². The number of nitrogens with zero attached hydrogens (tertiary/aromatic N) is 1. The zero-order valence-corrected chi connectivity index (χ0v) is 19.6. The molecule has 30 heavy (non-hydrogen) atoms. The second-order valence-electron chi connectivity index (χ2n) is 8.05. The van der Waals surface area contributed by atoms with Crippen molar-refractivity contribution in [2.45, 2.75) is 44.9 Å². The van der Waals surface area contributed by atoms with Crippen molar-refractivity contribution in [1.82, 2.24) is 9.62 Å². The first-order valence-electron chi connectivity index (χ1n) is 10.2. The molecule has 2 N–H and O–H groups in total. The van der Waals surface area contributed by atoms with Gasteiger partial charge in [-0.15, -0.1) is 0 Å². The molecule has 2 rings (SSSR count). The van der Waals surface area contributed by atoms with Gasteiger partial charge in [0.05, 0.1) is 11.4 Å². The average Bonchev–Trinajstić information content (AvgIpc) is 2.69. The molecule has 0 unspecified atom stereocenters. The maximum absolute atomic E-state index is 12.4. The fourth-order valence-corrected chi connectivity index (χ4v) is 4.04. The van der Waals surface area contributed by atoms with Gasteiger partial charge in [-0.05, 0) is 60.6 Å². The minimum Gasteiger partial charge on any atom is -0.376 e. The number of carbonyl (C=O) groups is 1. The number of sulfonamides is 1. The highest BCUT2D eigenvalue weighted by atomic mass is 32.2. The Kier molecular flexibility index (Phi) is 8.03. The van der Waals surface area contributed by atoms with Gasteiger partial charge in [-0.2, -0.15) is 0 Å². The highest BCUT2D eigenvalue weighted by Gasteiger charge is 2.19. The molecule has 0 aromatic heterocycles. The van der Waals surface area contributed by atoms with Gasteiger partial charge in [0.2, 0.25) is 15.9 Å². The summed E-state index contributed by atoms with van der Waals surface area (Å²) in [5.41, 5.74) is 4.91. The van der Waals surface area contributed by atoms with Gasteiger partial charge in [0.15, 0.2) is 0 Å². The van der Waals surface area contributed by atoms with Crippen LogP contribution in [0.15, 0.2) is 41.3 Å². The first kappa shape index (κ1) is 23.9. The molecule has 0 fully saturated rings. The minimum absolute atomic E-state index is 0.0814. The Hall–Kier alpha value is -2.38. The molecule has 0 spiro atoms. The molecule has 164 valence electrons. The smallest absolute Gasteiger partial charge is 0.242 e. The molecule has 2 aromatic rings. The highest BCUT2D eigenvalue weighted by Crippen LogP contribution is 2.25. The molecule has 0 atom stereocenters. The predicted octanol–water partition coefficient (Wildman–Crippen LogP) is 3.45. The molecular weight excluding hydrogens is 398 g/mol. The molecule has 0 saturated carbocycles. The third-order valence-electron chi connectivity index (χ3n) is 5.24. The van der Waals surface area contributed by atoms with Crippen molar-refractivity contribution in [2.75, 3.05) is 32.5 Å². The van der Waals surface area contributed by atoms with Gasteiger partial charge in [-0.1, -0.05) is 38.1 Å². The first-order valence-corrected chi connectivity index (χ1v) is 11.6. The van der Waals surface area contributed by atoms with Crippen LogP contribution in [0.5, 0.6) is 0 Å². The van der Waals surface area contributed by atoms with E-state index in [0.717, 1.165) is 17.5 Å². The number of hydrogen-bond donors (Lipinski definition) is 2. The van der Waals surface area contributed by atoms with Gasteiger partial charge in [-0.3, -0.25) is 4.79 Å². The van der Waals surface area contributed by atoms with Gasteiger partial charge >= 0.3 is 0 Å². The summed E-state index contributed by atoms with van der Waals surface area (Å²) in [6.07, 6.45) is 0.763. The molecule has 0 aliphatic rings. The third kappa shape index (κ3) is 6.06. The zero-order chi connectivity index (χ0) is 22.5. The van der Waals surface area contributed by atoms with E-state index >= 15 is 0 Å². The lowest BCUT2D eigenvalue weighted by Crippen LogP contribution is -2.31. The number of nitrogens with one attached hydrogen (secondary N) is 2. The van der Waals surface area contributed by atoms with Crippen LogP contribution in [-0.2, 0) is 21.2 Å². The van der Waals surface area contributed by atoms with Crippen LogP contribution in [0.3, 0.4) is 0 Å². The van der Waals surface area contributed by atoms with Gasteiger partial charge in [0.1, 0.15) is 0 Å². The number of aryl methyl sites for hydroxylation is 1. The van der Waals surface area contributed by atoms with Crippen molar-refractivity contribution in [3.63, 3.8) is 0 Å². The number of rotatable bonds is 9. The number of hydrogen-bond acceptors (Lipinski definition) is 4. The van der Waals surface area contributed by atoms with Crippen LogP contribution in [0.1, 0.15) is 42.0 Å². The minimum atomic E-state index is -3.54. The molecule has 0 saturated heterocycles. The molecule has 6 nitrogen and oxygen atoms in total. The zero-order valence-electron chi connectivity index (χ0n) is 18.7. The van der Waals surface area contributed by atoms with Gasteiger partial charge < -0.3 is 10.6 Å². The highest BCUT2D eigenvalue weighted by molar-refractivity contribution is 7.89. The number of benzene rings is 2. The Balaban J connectivity index is 1.93. The standard InChI is InChI=1S/C23H33N3O3S/c1-16(2)20-9-7-19(8-10-20)11-12-24-23(27)15-25-22-14-21(13-17(3)18(22)4)30(28,29)26(5)6/h7-10,13-14,16,25H,11-12,15H2,1-6H3,(H,24,27). The SMILES string of the molecule is Cc1cc(S(=O)(=O)N(C)C)cc(NCC(=O)NCCc2ccc(C(C)C)cc2)c1C. The monoisotopic (exact) mass is 431 g/mol. The summed E-state index contributed by atoms with van der Waals surface area (Å²) in [7, 11) is -0.535. The average molecular weight is 432 g/mol. The van der Waals surface area contributed by atoms with Crippen molar-refractivity contribution in [2.24, 2.45) is 0 Å². The van der Waals surface area contributed by atoms with Crippen molar-refractivity contribution in [1.29, 1.82) is 0 Å². The summed E-state index contributed by atoms with van der Waals surface area (Å²) >= 11 is 0. The molecule has 0 aliphatic carbocycles. The number of amides is 1. The van der Waals surface area contributed by atoms with E-state index in [1.54, 1.807) is 12.1 Å². The molecule has 7 heteroatoms. The van der Waals surface area contributed by atoms with Gasteiger partial charge in [-0.25, -0.2) is 12.7 Å². The second kappa shape index (κ2) is 10.1. The van der Waals surface area contributed by atoms with Crippen LogP contribution in [0.25, 0.3) is 0 Å². The summed E-state index contributed by atoms with van der Waals surface area (Å²) in [4.78, 5) is 12.4. The number of anilines is 1. The lowest BCUT2D eigenvalue weighted by Gasteiger charge is -2.17. The van der Waals surface area contributed by atoms with Crippen LogP contribution in [-0.4, -0.2) is 45.8 Å². The molecule has 0 bridgehead atoms. The fourth-order valence-electron chi connectivity index (χ4n) is 3.02. The van der Waals surface area contributed by atoms with E-state index in [1.165, 1.54) is 29.5 Å². The van der Waals surface area contributed by atoms with Crippen LogP contribution in [0.4, 0.5) is 5.69 Å². The summed E-state index contributed by atoms with van der Waals surface area (Å²) in [6.45, 7) is 8.73. The molecule has 0 aliphatic heterocycles. The molecule has 0 heterocycles. The van der Waals surface area contributed by atoms with E-state index in [9.17, 15) is 13.2 Å². The van der Waals surface area contributed by atoms with E-state index < -0.39 is 10.0 Å². The Bertz CT molecular complexity index is 981. The maximum atomic E-state index is 12.4. The van der Waals surface area contributed by atoms with Crippen LogP contribution in [0.2, 0.25) is 0 Å². The Labute approximate surface area is 180 Å². The van der Waals surface area contributed by atoms with Crippen molar-refractivity contribution in [3.8, 4) is 0 Å². The summed E-state index contributed by atoms with van der Waals surface area (Å²) < 4.78 is 26.1. The van der Waals surface area contributed by atoms with Crippen molar-refractivity contribution >= 4 is 21.6 Å². The quantitative estimate of drug-likeness (QED) is 0.637. The Morgan fingerprint density at radius 1 is 1.07 bits per heavy atom. The number of carbonyl (C=O) groups excluding carboxylic acids is 1. The summed E-state index contributed by atoms with van der Waals surface area (Å²) in [6, 6.07) is 11.7. The van der Waals surface area contributed by atoms with E-state index in [1.807, 2.05) is 13.8 Å². The topological polar surface area (TPSA) is 78.5 Å². The second-order valence-corrected chi connectivity index (χ2v) is 10.2. The van der Waals surface area contributed by atoms with Gasteiger partial charge in [0, 0.05) is 26.3 Å². The lowest BCUT2D eigenvalue weighted by atomic mass is 10.0. The summed E-state index contributed by atoms with van der Waals surface area (Å²) in [5, 5.41) is 5.99. The van der Waals surface area contributed by atoms with E-state index in [-0.39, 0.29) is 17.3 Å². The third-order valence-corrected chi connectivity index (χ3v) is 7.03. The van der Waals surface area contributed by atoms with E-state index in [0.29, 0.717) is 18.2 Å². The predicted molar refractivity (Wildman–Crippen MR) is 123 cm³/mol. The molecule has 1 amide bonds. The Morgan fingerprint density at radius 2 is 1.70 bits per heavy atom. The lowest BCUT2D eigenvalue weighted by molar-refractivity contribution is -0.119. The van der Waals surface area contributed by atoms with Crippen LogP contribution in [0, 0.1) is 13.8 Å². The molecule has 0 radical (unpaired) electrons. The van der Waals surface area contributed by atoms with Crippen molar-refractivity contribution < 1.29 is 13.2 Å². The summed E-state index contributed by atoms with van der Waals surface area (Å²) in [5.74, 6) is 0.370. The first-order chi connectivity index (χ1) is 14.0. The van der Waals surface area contributed by atoms with Crippen LogP contribution >= 0.6 is 0 Å². The molecular formula is C23H33N3O3S. The fraction of sp³-hybridized carbons (Fsp3) is 0.435. The molecule has 2 aromatic carbocycles.